The molecule has 2 amide bonds. The average molecular weight is 393 g/mol. The zero-order valence-corrected chi connectivity index (χ0v) is 15.5. The van der Waals surface area contributed by atoms with Crippen LogP contribution in [0.15, 0.2) is 53.4 Å². The fourth-order valence-corrected chi connectivity index (χ4v) is 3.23. The van der Waals surface area contributed by atoms with Crippen molar-refractivity contribution in [3.05, 3.63) is 59.9 Å². The second-order valence-electron chi connectivity index (χ2n) is 5.67. The van der Waals surface area contributed by atoms with Crippen molar-refractivity contribution in [2.24, 2.45) is 0 Å². The zero-order valence-electron chi connectivity index (χ0n) is 14.7. The Morgan fingerprint density at radius 1 is 1.04 bits per heavy atom. The van der Waals surface area contributed by atoms with E-state index >= 15 is 0 Å². The summed E-state index contributed by atoms with van der Waals surface area (Å²) in [5, 5.41) is 5.05. The van der Waals surface area contributed by atoms with Gasteiger partial charge in [0.25, 0.3) is 15.9 Å². The molecule has 2 rings (SSSR count). The van der Waals surface area contributed by atoms with Gasteiger partial charge >= 0.3 is 0 Å². The van der Waals surface area contributed by atoms with E-state index in [1.54, 1.807) is 0 Å². The lowest BCUT2D eigenvalue weighted by Crippen LogP contribution is -2.37. The van der Waals surface area contributed by atoms with Crippen LogP contribution in [0.2, 0.25) is 0 Å². The highest BCUT2D eigenvalue weighted by Gasteiger charge is 2.17. The van der Waals surface area contributed by atoms with E-state index in [9.17, 15) is 22.4 Å². The summed E-state index contributed by atoms with van der Waals surface area (Å²) in [5.74, 6) is -1.38. The highest BCUT2D eigenvalue weighted by molar-refractivity contribution is 7.92. The predicted octanol–water partition coefficient (Wildman–Crippen LogP) is 1.88. The molecule has 0 aromatic heterocycles. The minimum Gasteiger partial charge on any atom is -0.355 e. The number of carbonyl (C=O) groups excluding carboxylic acids is 2. The first kappa shape index (κ1) is 20.4. The number of amides is 2. The van der Waals surface area contributed by atoms with Gasteiger partial charge < -0.3 is 10.6 Å². The third kappa shape index (κ3) is 6.07. The molecule has 0 aliphatic heterocycles. The normalized spacial score (nSPS) is 10.9. The minimum absolute atomic E-state index is 0.0975. The first-order valence-electron chi connectivity index (χ1n) is 8.25. The smallest absolute Gasteiger partial charge is 0.261 e. The Bertz CT molecular complexity index is 914. The molecule has 0 heterocycles. The third-order valence-corrected chi connectivity index (χ3v) is 4.86. The van der Waals surface area contributed by atoms with Crippen molar-refractivity contribution in [2.75, 3.05) is 17.8 Å². The van der Waals surface area contributed by atoms with Crippen LogP contribution in [-0.4, -0.2) is 33.3 Å². The fraction of sp³-hybridized carbons (Fsp3) is 0.222. The van der Waals surface area contributed by atoms with Gasteiger partial charge in [0, 0.05) is 17.8 Å². The first-order valence-corrected chi connectivity index (χ1v) is 9.73. The number of carbonyl (C=O) groups is 2. The predicted molar refractivity (Wildman–Crippen MR) is 99.3 cm³/mol. The molecule has 3 N–H and O–H groups in total. The molecule has 0 aliphatic rings. The maximum Gasteiger partial charge on any atom is 0.261 e. The molecule has 0 saturated heterocycles. The molecule has 0 unspecified atom stereocenters. The number of rotatable bonds is 8. The number of hydrogen-bond donors (Lipinski definition) is 3. The molecule has 144 valence electrons. The van der Waals surface area contributed by atoms with Gasteiger partial charge in [-0.25, -0.2) is 12.8 Å². The Balaban J connectivity index is 2.08. The van der Waals surface area contributed by atoms with E-state index in [2.05, 4.69) is 15.4 Å². The lowest BCUT2D eigenvalue weighted by atomic mass is 10.2. The van der Waals surface area contributed by atoms with Gasteiger partial charge in [-0.15, -0.1) is 0 Å². The largest absolute Gasteiger partial charge is 0.355 e. The van der Waals surface area contributed by atoms with Crippen LogP contribution < -0.4 is 15.4 Å². The van der Waals surface area contributed by atoms with Gasteiger partial charge in [0.2, 0.25) is 5.91 Å². The molecule has 0 aliphatic carbocycles. The van der Waals surface area contributed by atoms with E-state index in [0.29, 0.717) is 6.54 Å². The topological polar surface area (TPSA) is 104 Å². The highest BCUT2D eigenvalue weighted by atomic mass is 32.2. The van der Waals surface area contributed by atoms with Crippen molar-refractivity contribution in [2.45, 2.75) is 18.2 Å². The van der Waals surface area contributed by atoms with Crippen molar-refractivity contribution in [1.82, 2.24) is 10.6 Å². The molecule has 0 radical (unpaired) electrons. The van der Waals surface area contributed by atoms with E-state index in [0.717, 1.165) is 18.6 Å². The molecular weight excluding hydrogens is 373 g/mol. The standard InChI is InChI=1S/C18H20FN3O4S/c1-2-10-20-17(23)12-21-18(24)13-4-3-5-16(11-13)27(25,26)22-15-8-6-14(19)7-9-15/h3-9,11,22H,2,10,12H2,1H3,(H,20,23)(H,21,24). The van der Waals surface area contributed by atoms with Crippen LogP contribution in [0.3, 0.4) is 0 Å². The molecule has 27 heavy (non-hydrogen) atoms. The monoisotopic (exact) mass is 393 g/mol. The number of anilines is 1. The summed E-state index contributed by atoms with van der Waals surface area (Å²) in [7, 11) is -3.96. The van der Waals surface area contributed by atoms with E-state index in [1.165, 1.54) is 36.4 Å². The van der Waals surface area contributed by atoms with Gasteiger partial charge in [-0.1, -0.05) is 13.0 Å². The molecule has 0 bridgehead atoms. The summed E-state index contributed by atoms with van der Waals surface area (Å²) in [6.07, 6.45) is 0.778. The molecule has 2 aromatic carbocycles. The lowest BCUT2D eigenvalue weighted by molar-refractivity contribution is -0.120. The number of nitrogens with one attached hydrogen (secondary N) is 3. The Hall–Kier alpha value is -2.94. The Labute approximate surface area is 157 Å². The van der Waals surface area contributed by atoms with Crippen molar-refractivity contribution in [3.8, 4) is 0 Å². The van der Waals surface area contributed by atoms with Crippen molar-refractivity contribution < 1.29 is 22.4 Å². The van der Waals surface area contributed by atoms with Gasteiger partial charge in [0.1, 0.15) is 5.82 Å². The summed E-state index contributed by atoms with van der Waals surface area (Å²) in [6.45, 7) is 2.21. The molecule has 9 heteroatoms. The second kappa shape index (κ2) is 9.13. The molecule has 0 spiro atoms. The molecule has 0 atom stereocenters. The zero-order chi connectivity index (χ0) is 19.9. The average Bonchev–Trinajstić information content (AvgIpc) is 2.66. The fourth-order valence-electron chi connectivity index (χ4n) is 2.13. The summed E-state index contributed by atoms with van der Waals surface area (Å²) in [5.41, 5.74) is 0.291. The first-order chi connectivity index (χ1) is 12.8. The lowest BCUT2D eigenvalue weighted by Gasteiger charge is -2.10. The van der Waals surface area contributed by atoms with Crippen molar-refractivity contribution in [3.63, 3.8) is 0 Å². The second-order valence-corrected chi connectivity index (χ2v) is 7.36. The SMILES string of the molecule is CCCNC(=O)CNC(=O)c1cccc(S(=O)(=O)Nc2ccc(F)cc2)c1. The quantitative estimate of drug-likeness (QED) is 0.637. The van der Waals surface area contributed by atoms with Crippen LogP contribution in [0.1, 0.15) is 23.7 Å². The summed E-state index contributed by atoms with van der Waals surface area (Å²) < 4.78 is 40.1. The number of halogens is 1. The Morgan fingerprint density at radius 2 is 1.74 bits per heavy atom. The van der Waals surface area contributed by atoms with Crippen LogP contribution in [0.25, 0.3) is 0 Å². The molecule has 0 saturated carbocycles. The van der Waals surface area contributed by atoms with Crippen LogP contribution in [-0.2, 0) is 14.8 Å². The third-order valence-electron chi connectivity index (χ3n) is 3.48. The number of benzene rings is 2. The van der Waals surface area contributed by atoms with Gasteiger partial charge in [-0.05, 0) is 48.9 Å². The number of hydrogen-bond acceptors (Lipinski definition) is 4. The molecule has 2 aromatic rings. The van der Waals surface area contributed by atoms with Crippen LogP contribution in [0.5, 0.6) is 0 Å². The molecule has 0 fully saturated rings. The van der Waals surface area contributed by atoms with E-state index in [-0.39, 0.29) is 28.6 Å². The van der Waals surface area contributed by atoms with E-state index in [1.807, 2.05) is 6.92 Å². The minimum atomic E-state index is -3.96. The summed E-state index contributed by atoms with van der Waals surface area (Å²) in [4.78, 5) is 23.6. The van der Waals surface area contributed by atoms with Crippen LogP contribution in [0, 0.1) is 5.82 Å². The maximum atomic E-state index is 12.9. The summed E-state index contributed by atoms with van der Waals surface area (Å²) in [6, 6.07) is 10.2. The Kier molecular flexibility index (Phi) is 6.89. The van der Waals surface area contributed by atoms with Gasteiger partial charge in [-0.2, -0.15) is 0 Å². The van der Waals surface area contributed by atoms with E-state index < -0.39 is 21.7 Å². The molecule has 7 nitrogen and oxygen atoms in total. The van der Waals surface area contributed by atoms with Crippen LogP contribution >= 0.6 is 0 Å². The summed E-state index contributed by atoms with van der Waals surface area (Å²) >= 11 is 0. The van der Waals surface area contributed by atoms with Gasteiger partial charge in [0.05, 0.1) is 11.4 Å². The van der Waals surface area contributed by atoms with Crippen molar-refractivity contribution >= 4 is 27.5 Å². The van der Waals surface area contributed by atoms with E-state index in [4.69, 9.17) is 0 Å². The van der Waals surface area contributed by atoms with Crippen LogP contribution in [0.4, 0.5) is 10.1 Å². The van der Waals surface area contributed by atoms with Gasteiger partial charge in [0.15, 0.2) is 0 Å². The maximum absolute atomic E-state index is 12.9. The number of sulfonamides is 1. The highest BCUT2D eigenvalue weighted by Crippen LogP contribution is 2.17. The molecular formula is C18H20FN3O4S. The van der Waals surface area contributed by atoms with Gasteiger partial charge in [-0.3, -0.25) is 14.3 Å². The van der Waals surface area contributed by atoms with Crippen molar-refractivity contribution in [1.29, 1.82) is 0 Å². The Morgan fingerprint density at radius 3 is 2.41 bits per heavy atom.